The summed E-state index contributed by atoms with van der Waals surface area (Å²) in [6.07, 6.45) is 5.61. The molecule has 1 aromatic rings. The van der Waals surface area contributed by atoms with Gasteiger partial charge in [0.2, 0.25) is 0 Å². The van der Waals surface area contributed by atoms with E-state index in [9.17, 15) is 9.90 Å². The minimum absolute atomic E-state index is 0.0272. The molecule has 15 heavy (non-hydrogen) atoms. The first kappa shape index (κ1) is 10.2. The molecule has 4 nitrogen and oxygen atoms in total. The predicted octanol–water partition coefficient (Wildman–Crippen LogP) is 1.05. The molecule has 0 atom stereocenters. The zero-order valence-electron chi connectivity index (χ0n) is 8.62. The van der Waals surface area contributed by atoms with Gasteiger partial charge in [-0.15, -0.1) is 0 Å². The lowest BCUT2D eigenvalue weighted by Gasteiger charge is -2.27. The summed E-state index contributed by atoms with van der Waals surface area (Å²) in [5.74, 6) is -0.129. The third kappa shape index (κ3) is 2.04. The molecule has 1 aliphatic rings. The molecule has 0 saturated heterocycles. The average Bonchev–Trinajstić information content (AvgIpc) is 2.88. The third-order valence-corrected chi connectivity index (χ3v) is 3.08. The number of carbonyl (C=O) groups excluding carboxylic acids is 1. The molecule has 0 bridgehead atoms. The number of rotatable bonds is 3. The van der Waals surface area contributed by atoms with E-state index in [1.54, 1.807) is 18.3 Å². The van der Waals surface area contributed by atoms with E-state index in [-0.39, 0.29) is 18.1 Å². The van der Waals surface area contributed by atoms with Crippen LogP contribution in [0, 0.1) is 0 Å². The maximum Gasteiger partial charge on any atom is 0.268 e. The van der Waals surface area contributed by atoms with Crippen molar-refractivity contribution in [1.82, 2.24) is 10.3 Å². The maximum atomic E-state index is 11.8. The van der Waals surface area contributed by atoms with Gasteiger partial charge in [0.1, 0.15) is 5.69 Å². The Kier molecular flexibility index (Phi) is 2.77. The molecule has 4 heteroatoms. The Balaban J connectivity index is 2.04. The molecule has 1 amide bonds. The normalized spacial score (nSPS) is 19.0. The Hall–Kier alpha value is -1.29. The average molecular weight is 208 g/mol. The van der Waals surface area contributed by atoms with Gasteiger partial charge in [-0.2, -0.15) is 0 Å². The topological polar surface area (TPSA) is 65.1 Å². The van der Waals surface area contributed by atoms with E-state index in [4.69, 9.17) is 0 Å². The number of nitrogens with one attached hydrogen (secondary N) is 2. The second-order valence-corrected chi connectivity index (χ2v) is 4.18. The van der Waals surface area contributed by atoms with Crippen LogP contribution in [0.3, 0.4) is 0 Å². The highest BCUT2D eigenvalue weighted by Crippen LogP contribution is 2.29. The zero-order valence-corrected chi connectivity index (χ0v) is 8.62. The fourth-order valence-corrected chi connectivity index (χ4v) is 2.15. The van der Waals surface area contributed by atoms with Crippen LogP contribution in [-0.2, 0) is 0 Å². The minimum Gasteiger partial charge on any atom is -0.394 e. The SMILES string of the molecule is O=C(NC1(CO)CCCC1)c1ccc[nH]1. The summed E-state index contributed by atoms with van der Waals surface area (Å²) in [6.45, 7) is 0.0272. The first-order valence-corrected chi connectivity index (χ1v) is 5.33. The monoisotopic (exact) mass is 208 g/mol. The number of H-pyrrole nitrogens is 1. The number of hydrogen-bond acceptors (Lipinski definition) is 2. The lowest BCUT2D eigenvalue weighted by atomic mass is 9.99. The highest BCUT2D eigenvalue weighted by Gasteiger charge is 2.34. The Morgan fingerprint density at radius 3 is 2.80 bits per heavy atom. The standard InChI is InChI=1S/C11H16N2O2/c14-8-11(5-1-2-6-11)13-10(15)9-4-3-7-12-9/h3-4,7,12,14H,1-2,5-6,8H2,(H,13,15). The molecule has 2 rings (SSSR count). The molecule has 1 aliphatic carbocycles. The Labute approximate surface area is 88.7 Å². The summed E-state index contributed by atoms with van der Waals surface area (Å²) >= 11 is 0. The maximum absolute atomic E-state index is 11.8. The summed E-state index contributed by atoms with van der Waals surface area (Å²) in [4.78, 5) is 14.6. The molecule has 1 heterocycles. The van der Waals surface area contributed by atoms with Crippen LogP contribution >= 0.6 is 0 Å². The number of aliphatic hydroxyl groups is 1. The number of hydrogen-bond donors (Lipinski definition) is 3. The largest absolute Gasteiger partial charge is 0.394 e. The Bertz CT molecular complexity index is 326. The Morgan fingerprint density at radius 1 is 1.53 bits per heavy atom. The highest BCUT2D eigenvalue weighted by molar-refractivity contribution is 5.92. The fourth-order valence-electron chi connectivity index (χ4n) is 2.15. The van der Waals surface area contributed by atoms with Crippen LogP contribution in [0.15, 0.2) is 18.3 Å². The minimum atomic E-state index is -0.387. The molecule has 0 aromatic carbocycles. The van der Waals surface area contributed by atoms with Crippen molar-refractivity contribution in [3.05, 3.63) is 24.0 Å². The van der Waals surface area contributed by atoms with Gasteiger partial charge in [0.25, 0.3) is 5.91 Å². The van der Waals surface area contributed by atoms with Gasteiger partial charge in [0.15, 0.2) is 0 Å². The molecule has 1 aromatic heterocycles. The van der Waals surface area contributed by atoms with E-state index in [2.05, 4.69) is 10.3 Å². The van der Waals surface area contributed by atoms with Gasteiger partial charge in [0.05, 0.1) is 12.1 Å². The molecule has 0 spiro atoms. The van der Waals surface area contributed by atoms with Crippen LogP contribution in [0.2, 0.25) is 0 Å². The molecular formula is C11H16N2O2. The van der Waals surface area contributed by atoms with Crippen molar-refractivity contribution in [2.45, 2.75) is 31.2 Å². The van der Waals surface area contributed by atoms with Crippen molar-refractivity contribution in [3.63, 3.8) is 0 Å². The first-order valence-electron chi connectivity index (χ1n) is 5.33. The van der Waals surface area contributed by atoms with Crippen LogP contribution in [0.25, 0.3) is 0 Å². The van der Waals surface area contributed by atoms with E-state index in [0.29, 0.717) is 5.69 Å². The quantitative estimate of drug-likeness (QED) is 0.695. The van der Waals surface area contributed by atoms with Crippen molar-refractivity contribution in [1.29, 1.82) is 0 Å². The van der Waals surface area contributed by atoms with E-state index in [1.165, 1.54) is 0 Å². The van der Waals surface area contributed by atoms with Crippen molar-refractivity contribution in [3.8, 4) is 0 Å². The second-order valence-electron chi connectivity index (χ2n) is 4.18. The smallest absolute Gasteiger partial charge is 0.268 e. The van der Waals surface area contributed by atoms with Gasteiger partial charge >= 0.3 is 0 Å². The van der Waals surface area contributed by atoms with Gasteiger partial charge < -0.3 is 15.4 Å². The molecule has 1 saturated carbocycles. The van der Waals surface area contributed by atoms with Crippen LogP contribution < -0.4 is 5.32 Å². The van der Waals surface area contributed by atoms with Crippen molar-refractivity contribution < 1.29 is 9.90 Å². The Morgan fingerprint density at radius 2 is 2.27 bits per heavy atom. The van der Waals surface area contributed by atoms with Gasteiger partial charge in [-0.1, -0.05) is 12.8 Å². The lowest BCUT2D eigenvalue weighted by Crippen LogP contribution is -2.49. The molecule has 3 N–H and O–H groups in total. The fraction of sp³-hybridized carbons (Fsp3) is 0.545. The van der Waals surface area contributed by atoms with E-state index in [1.807, 2.05) is 0 Å². The van der Waals surface area contributed by atoms with E-state index in [0.717, 1.165) is 25.7 Å². The van der Waals surface area contributed by atoms with E-state index >= 15 is 0 Å². The van der Waals surface area contributed by atoms with E-state index < -0.39 is 0 Å². The van der Waals surface area contributed by atoms with Crippen molar-refractivity contribution in [2.24, 2.45) is 0 Å². The van der Waals surface area contributed by atoms with Gasteiger partial charge in [0, 0.05) is 6.20 Å². The zero-order chi connectivity index (χ0) is 10.7. The predicted molar refractivity (Wildman–Crippen MR) is 56.5 cm³/mol. The highest BCUT2D eigenvalue weighted by atomic mass is 16.3. The molecule has 0 unspecified atom stereocenters. The summed E-state index contributed by atoms with van der Waals surface area (Å²) in [5.41, 5.74) is 0.164. The summed E-state index contributed by atoms with van der Waals surface area (Å²) in [7, 11) is 0. The first-order chi connectivity index (χ1) is 7.26. The second kappa shape index (κ2) is 4.06. The summed E-state index contributed by atoms with van der Waals surface area (Å²) in [5, 5.41) is 12.3. The van der Waals surface area contributed by atoms with Gasteiger partial charge in [-0.3, -0.25) is 4.79 Å². The van der Waals surface area contributed by atoms with Crippen LogP contribution in [0.5, 0.6) is 0 Å². The number of aromatic nitrogens is 1. The number of amides is 1. The number of aliphatic hydroxyl groups excluding tert-OH is 1. The summed E-state index contributed by atoms with van der Waals surface area (Å²) < 4.78 is 0. The molecule has 0 radical (unpaired) electrons. The van der Waals surface area contributed by atoms with Gasteiger partial charge in [-0.25, -0.2) is 0 Å². The van der Waals surface area contributed by atoms with Crippen LogP contribution in [0.4, 0.5) is 0 Å². The van der Waals surface area contributed by atoms with Crippen molar-refractivity contribution >= 4 is 5.91 Å². The van der Waals surface area contributed by atoms with Gasteiger partial charge in [-0.05, 0) is 25.0 Å². The molecule has 82 valence electrons. The molecular weight excluding hydrogens is 192 g/mol. The molecule has 0 aliphatic heterocycles. The third-order valence-electron chi connectivity index (χ3n) is 3.08. The molecule has 1 fully saturated rings. The summed E-state index contributed by atoms with van der Waals surface area (Å²) in [6, 6.07) is 3.52. The number of carbonyl (C=O) groups is 1. The number of aromatic amines is 1. The van der Waals surface area contributed by atoms with Crippen LogP contribution in [-0.4, -0.2) is 28.1 Å². The lowest BCUT2D eigenvalue weighted by molar-refractivity contribution is 0.0834. The van der Waals surface area contributed by atoms with Crippen molar-refractivity contribution in [2.75, 3.05) is 6.61 Å². The van der Waals surface area contributed by atoms with Crippen LogP contribution in [0.1, 0.15) is 36.2 Å².